The maximum atomic E-state index is 12.7. The van der Waals surface area contributed by atoms with Crippen molar-refractivity contribution >= 4 is 29.5 Å². The molecule has 188 valence electrons. The molecule has 4 rings (SSSR count). The summed E-state index contributed by atoms with van der Waals surface area (Å²) in [7, 11) is 0. The average Bonchev–Trinajstić information content (AvgIpc) is 3.53. The van der Waals surface area contributed by atoms with Crippen LogP contribution in [0.3, 0.4) is 0 Å². The Hall–Kier alpha value is -1.94. The highest BCUT2D eigenvalue weighted by Crippen LogP contribution is 2.61. The van der Waals surface area contributed by atoms with E-state index in [1.165, 1.54) is 26.8 Å². The molecule has 0 aromatic rings. The van der Waals surface area contributed by atoms with Crippen LogP contribution < -0.4 is 0 Å². The quantitative estimate of drug-likeness (QED) is 0.255. The van der Waals surface area contributed by atoms with Crippen molar-refractivity contribution in [3.63, 3.8) is 0 Å². The van der Waals surface area contributed by atoms with Gasteiger partial charge in [0.1, 0.15) is 18.3 Å². The highest BCUT2D eigenvalue weighted by atomic mass is 35.5. The molecule has 10 heteroatoms. The van der Waals surface area contributed by atoms with E-state index in [-0.39, 0.29) is 5.88 Å². The predicted molar refractivity (Wildman–Crippen MR) is 118 cm³/mol. The minimum absolute atomic E-state index is 0.0353. The number of fused-ring (bicyclic) bond motifs is 4. The normalized spacial score (nSPS) is 49.8. The van der Waals surface area contributed by atoms with Gasteiger partial charge in [0.05, 0.1) is 18.1 Å². The summed E-state index contributed by atoms with van der Waals surface area (Å²) in [4.78, 5) is 36.9. The first-order chi connectivity index (χ1) is 15.9. The molecule has 0 radical (unpaired) electrons. The maximum Gasteiger partial charge on any atom is 0.312 e. The molecule has 2 N–H and O–H groups in total. The van der Waals surface area contributed by atoms with E-state index >= 15 is 0 Å². The lowest BCUT2D eigenvalue weighted by molar-refractivity contribution is -0.215. The van der Waals surface area contributed by atoms with E-state index in [0.29, 0.717) is 5.57 Å². The Kier molecular flexibility index (Phi) is 6.38. The molecule has 0 unspecified atom stereocenters. The summed E-state index contributed by atoms with van der Waals surface area (Å²) in [6, 6.07) is 0. The molecule has 2 aliphatic carbocycles. The largest absolute Gasteiger partial charge is 0.459 e. The summed E-state index contributed by atoms with van der Waals surface area (Å²) < 4.78 is 22.8. The number of aliphatic hydroxyl groups is 2. The Bertz CT molecular complexity index is 947. The van der Waals surface area contributed by atoms with Crippen molar-refractivity contribution in [1.82, 2.24) is 0 Å². The van der Waals surface area contributed by atoms with Gasteiger partial charge in [-0.1, -0.05) is 26.0 Å². The third-order valence-corrected chi connectivity index (χ3v) is 8.35. The SMILES string of the molecule is CC(=O)O[C@@H]1[C@H](C)[C@@H]2[C@@H](OC(C)=O)[C@@]3(O)[C@H](/C=C(CCl)\C=C/[C@H](O)[C@@]2(C)[C@H]2O[C@@H]12)OC(=O)[C@H]3C. The van der Waals surface area contributed by atoms with E-state index in [1.54, 1.807) is 26.0 Å². The van der Waals surface area contributed by atoms with Gasteiger partial charge in [-0.05, 0) is 18.6 Å². The van der Waals surface area contributed by atoms with Crippen molar-refractivity contribution in [2.24, 2.45) is 23.2 Å². The summed E-state index contributed by atoms with van der Waals surface area (Å²) in [5.41, 5.74) is -2.53. The molecule has 0 amide bonds. The van der Waals surface area contributed by atoms with Crippen LogP contribution >= 0.6 is 11.6 Å². The highest BCUT2D eigenvalue weighted by Gasteiger charge is 2.74. The third kappa shape index (κ3) is 3.68. The van der Waals surface area contributed by atoms with Crippen molar-refractivity contribution in [1.29, 1.82) is 0 Å². The molecule has 0 spiro atoms. The molecule has 2 heterocycles. The van der Waals surface area contributed by atoms with E-state index in [1.807, 2.05) is 0 Å². The van der Waals surface area contributed by atoms with Crippen LogP contribution in [0.1, 0.15) is 34.6 Å². The minimum Gasteiger partial charge on any atom is -0.459 e. The topological polar surface area (TPSA) is 132 Å². The third-order valence-electron chi connectivity index (χ3n) is 8.04. The van der Waals surface area contributed by atoms with Crippen molar-refractivity contribution in [3.8, 4) is 0 Å². The van der Waals surface area contributed by atoms with Gasteiger partial charge < -0.3 is 29.2 Å². The minimum atomic E-state index is -1.98. The van der Waals surface area contributed by atoms with E-state index in [2.05, 4.69) is 0 Å². The predicted octanol–water partition coefficient (Wildman–Crippen LogP) is 1.28. The Morgan fingerprint density at radius 2 is 1.85 bits per heavy atom. The number of hydrogen-bond donors (Lipinski definition) is 2. The smallest absolute Gasteiger partial charge is 0.312 e. The number of halogens is 1. The lowest BCUT2D eigenvalue weighted by atomic mass is 9.54. The molecule has 4 aliphatic rings. The monoisotopic (exact) mass is 498 g/mol. The van der Waals surface area contributed by atoms with Crippen LogP contribution in [-0.4, -0.2) is 76.2 Å². The van der Waals surface area contributed by atoms with E-state index in [9.17, 15) is 24.6 Å². The van der Waals surface area contributed by atoms with Gasteiger partial charge in [0.25, 0.3) is 0 Å². The van der Waals surface area contributed by atoms with E-state index < -0.39 is 83.3 Å². The number of allylic oxidation sites excluding steroid dienone is 2. The van der Waals surface area contributed by atoms with Gasteiger partial charge in [0.2, 0.25) is 0 Å². The first-order valence-electron chi connectivity index (χ1n) is 11.4. The molecule has 2 aliphatic heterocycles. The van der Waals surface area contributed by atoms with E-state index in [4.69, 9.17) is 30.5 Å². The number of hydrogen-bond acceptors (Lipinski definition) is 9. The fraction of sp³-hybridized carbons (Fsp3) is 0.708. The second-order valence-corrected chi connectivity index (χ2v) is 10.3. The zero-order valence-corrected chi connectivity index (χ0v) is 20.5. The molecule has 2 saturated heterocycles. The number of carbonyl (C=O) groups is 3. The van der Waals surface area contributed by atoms with Crippen LogP contribution in [0.15, 0.2) is 23.8 Å². The lowest BCUT2D eigenvalue weighted by Crippen LogP contribution is -2.66. The molecular weight excluding hydrogens is 468 g/mol. The van der Waals surface area contributed by atoms with Crippen LogP contribution in [0.5, 0.6) is 0 Å². The standard InChI is InChI=1S/C24H31ClO9/c1-10-17-20(32-13(4)27)24(30)11(2)22(29)33-16(24)8-14(9-25)6-7-15(28)23(17,5)21-19(34-21)18(10)31-12(3)26/h6-8,10-11,15-21,28,30H,9H2,1-5H3/b7-6-,14-8+/t10-,11-,15+,16+,17-,18-,19+,20-,21+,23-,24+/m1/s1. The van der Waals surface area contributed by atoms with E-state index in [0.717, 1.165) is 0 Å². The Morgan fingerprint density at radius 1 is 1.21 bits per heavy atom. The molecule has 11 atom stereocenters. The summed E-state index contributed by atoms with van der Waals surface area (Å²) in [6.45, 7) is 7.60. The Labute approximate surface area is 203 Å². The number of epoxide rings is 1. The summed E-state index contributed by atoms with van der Waals surface area (Å²) in [6.07, 6.45) is -0.524. The van der Waals surface area contributed by atoms with Crippen LogP contribution in [0, 0.1) is 23.2 Å². The van der Waals surface area contributed by atoms with Gasteiger partial charge in [-0.25, -0.2) is 0 Å². The molecule has 9 nitrogen and oxygen atoms in total. The summed E-state index contributed by atoms with van der Waals surface area (Å²) in [5, 5.41) is 23.6. The molecule has 0 aromatic carbocycles. The van der Waals surface area contributed by atoms with Gasteiger partial charge >= 0.3 is 17.9 Å². The first-order valence-corrected chi connectivity index (χ1v) is 12.0. The number of esters is 3. The van der Waals surface area contributed by atoms with Crippen LogP contribution in [-0.2, 0) is 33.3 Å². The number of aliphatic hydroxyl groups excluding tert-OH is 1. The molecule has 34 heavy (non-hydrogen) atoms. The van der Waals surface area contributed by atoms with Crippen LogP contribution in [0.4, 0.5) is 0 Å². The number of rotatable bonds is 3. The van der Waals surface area contributed by atoms with Gasteiger partial charge in [-0.3, -0.25) is 14.4 Å². The van der Waals surface area contributed by atoms with Crippen LogP contribution in [0.2, 0.25) is 0 Å². The average molecular weight is 499 g/mol. The van der Waals surface area contributed by atoms with Gasteiger partial charge in [0, 0.05) is 37.0 Å². The number of ether oxygens (including phenoxy) is 4. The first kappa shape index (κ1) is 25.2. The van der Waals surface area contributed by atoms with Crippen molar-refractivity contribution in [2.75, 3.05) is 5.88 Å². The Morgan fingerprint density at radius 3 is 2.44 bits per heavy atom. The summed E-state index contributed by atoms with van der Waals surface area (Å²) in [5.74, 6) is -4.15. The molecule has 0 aromatic heterocycles. The van der Waals surface area contributed by atoms with Crippen molar-refractivity contribution < 1.29 is 43.5 Å². The van der Waals surface area contributed by atoms with Gasteiger partial charge in [-0.15, -0.1) is 11.6 Å². The van der Waals surface area contributed by atoms with Crippen molar-refractivity contribution in [2.45, 2.75) is 76.8 Å². The fourth-order valence-electron chi connectivity index (χ4n) is 6.20. The Balaban J connectivity index is 1.95. The number of alkyl halides is 1. The molecular formula is C24H31ClO9. The summed E-state index contributed by atoms with van der Waals surface area (Å²) >= 11 is 6.10. The molecule has 3 fully saturated rings. The second-order valence-electron chi connectivity index (χ2n) is 10.0. The van der Waals surface area contributed by atoms with Gasteiger partial charge in [-0.2, -0.15) is 0 Å². The maximum absolute atomic E-state index is 12.7. The van der Waals surface area contributed by atoms with Crippen LogP contribution in [0.25, 0.3) is 0 Å². The second kappa shape index (κ2) is 8.62. The molecule has 1 saturated carbocycles. The fourth-order valence-corrected chi connectivity index (χ4v) is 6.37. The van der Waals surface area contributed by atoms with Crippen molar-refractivity contribution in [3.05, 3.63) is 23.8 Å². The zero-order valence-electron chi connectivity index (χ0n) is 19.8. The lowest BCUT2D eigenvalue weighted by Gasteiger charge is -2.53. The van der Waals surface area contributed by atoms with Gasteiger partial charge in [0.15, 0.2) is 11.7 Å². The highest BCUT2D eigenvalue weighted by molar-refractivity contribution is 6.19. The molecule has 0 bridgehead atoms. The zero-order chi connectivity index (χ0) is 25.2. The number of carbonyl (C=O) groups excluding carboxylic acids is 3.